The van der Waals surface area contributed by atoms with E-state index in [1.165, 1.54) is 6.07 Å². The van der Waals surface area contributed by atoms with Crippen molar-refractivity contribution in [2.24, 2.45) is 0 Å². The van der Waals surface area contributed by atoms with Gasteiger partial charge in [-0.25, -0.2) is 0 Å². The van der Waals surface area contributed by atoms with Gasteiger partial charge in [-0.05, 0) is 40.5 Å². The van der Waals surface area contributed by atoms with Crippen LogP contribution in [0, 0.1) is 0 Å². The maximum Gasteiger partial charge on any atom is 0.251 e. The van der Waals surface area contributed by atoms with E-state index in [9.17, 15) is 9.90 Å². The highest BCUT2D eigenvalue weighted by atomic mass is 79.9. The molecule has 0 atom stereocenters. The van der Waals surface area contributed by atoms with Crippen molar-refractivity contribution in [1.29, 1.82) is 0 Å². The van der Waals surface area contributed by atoms with E-state index in [1.807, 2.05) is 0 Å². The lowest BCUT2D eigenvalue weighted by molar-refractivity contribution is 0.0867. The van der Waals surface area contributed by atoms with Crippen LogP contribution >= 0.6 is 15.9 Å². The number of aromatic hydroxyl groups is 1. The highest BCUT2D eigenvalue weighted by Gasteiger charge is 2.07. The first kappa shape index (κ1) is 14.9. The van der Waals surface area contributed by atoms with Gasteiger partial charge >= 0.3 is 0 Å². The van der Waals surface area contributed by atoms with Crippen LogP contribution in [0.3, 0.4) is 0 Å². The van der Waals surface area contributed by atoms with E-state index < -0.39 is 0 Å². The molecule has 6 heteroatoms. The molecule has 0 aliphatic heterocycles. The second-order valence-corrected chi connectivity index (χ2v) is 4.47. The van der Waals surface area contributed by atoms with Crippen molar-refractivity contribution in [3.8, 4) is 5.75 Å². The van der Waals surface area contributed by atoms with Gasteiger partial charge in [-0.2, -0.15) is 0 Å². The molecule has 0 aromatic heterocycles. The average molecular weight is 318 g/mol. The van der Waals surface area contributed by atoms with Crippen LogP contribution in [0.4, 0.5) is 0 Å². The van der Waals surface area contributed by atoms with Crippen molar-refractivity contribution < 1.29 is 19.7 Å². The number of benzene rings is 1. The summed E-state index contributed by atoms with van der Waals surface area (Å²) in [5.41, 5.74) is 0.409. The van der Waals surface area contributed by atoms with Gasteiger partial charge in [0.25, 0.3) is 5.91 Å². The van der Waals surface area contributed by atoms with Gasteiger partial charge < -0.3 is 20.3 Å². The molecule has 0 saturated heterocycles. The second kappa shape index (κ2) is 8.07. The second-order valence-electron chi connectivity index (χ2n) is 3.61. The number of hydrogen-bond donors (Lipinski definition) is 3. The van der Waals surface area contributed by atoms with Crippen molar-refractivity contribution in [3.05, 3.63) is 28.2 Å². The number of aliphatic hydroxyl groups is 1. The van der Waals surface area contributed by atoms with Gasteiger partial charge in [-0.15, -0.1) is 0 Å². The van der Waals surface area contributed by atoms with Crippen molar-refractivity contribution in [2.45, 2.75) is 6.42 Å². The minimum atomic E-state index is -0.236. The average Bonchev–Trinajstić information content (AvgIpc) is 2.36. The molecule has 100 valence electrons. The number of rotatable bonds is 7. The minimum Gasteiger partial charge on any atom is -0.507 e. The number of nitrogens with one attached hydrogen (secondary N) is 1. The Kier molecular flexibility index (Phi) is 6.70. The molecule has 1 aromatic rings. The van der Waals surface area contributed by atoms with Crippen molar-refractivity contribution in [2.75, 3.05) is 26.4 Å². The molecule has 1 amide bonds. The summed E-state index contributed by atoms with van der Waals surface area (Å²) < 4.78 is 5.61. The Labute approximate surface area is 114 Å². The molecule has 1 rings (SSSR count). The molecule has 3 N–H and O–H groups in total. The van der Waals surface area contributed by atoms with Crippen LogP contribution in [-0.2, 0) is 4.74 Å². The SMILES string of the molecule is O=C(NCCCOCCO)c1ccc(Br)c(O)c1. The number of phenolic OH excluding ortho intramolecular Hbond substituents is 1. The summed E-state index contributed by atoms with van der Waals surface area (Å²) in [5, 5.41) is 20.6. The first-order valence-electron chi connectivity index (χ1n) is 5.60. The topological polar surface area (TPSA) is 78.8 Å². The lowest BCUT2D eigenvalue weighted by Crippen LogP contribution is -2.25. The Bertz CT molecular complexity index is 398. The van der Waals surface area contributed by atoms with Crippen LogP contribution in [0.15, 0.2) is 22.7 Å². The predicted octanol–water partition coefficient (Wildman–Crippen LogP) is 1.28. The molecule has 0 spiro atoms. The molecule has 0 fully saturated rings. The summed E-state index contributed by atoms with van der Waals surface area (Å²) in [6.07, 6.45) is 0.675. The fraction of sp³-hybridized carbons (Fsp3) is 0.417. The van der Waals surface area contributed by atoms with Crippen LogP contribution in [0.5, 0.6) is 5.75 Å². The normalized spacial score (nSPS) is 10.3. The molecule has 5 nitrogen and oxygen atoms in total. The maximum atomic E-state index is 11.7. The number of ether oxygens (including phenoxy) is 1. The lowest BCUT2D eigenvalue weighted by Gasteiger charge is -2.06. The summed E-state index contributed by atoms with van der Waals surface area (Å²) in [6, 6.07) is 4.65. The maximum absolute atomic E-state index is 11.7. The largest absolute Gasteiger partial charge is 0.507 e. The molecule has 0 bridgehead atoms. The van der Waals surface area contributed by atoms with Gasteiger partial charge in [-0.1, -0.05) is 0 Å². The Balaban J connectivity index is 2.30. The third-order valence-corrected chi connectivity index (χ3v) is 2.87. The Morgan fingerprint density at radius 3 is 2.83 bits per heavy atom. The van der Waals surface area contributed by atoms with E-state index in [0.29, 0.717) is 36.2 Å². The summed E-state index contributed by atoms with van der Waals surface area (Å²) >= 11 is 3.15. The molecular weight excluding hydrogens is 302 g/mol. The van der Waals surface area contributed by atoms with Gasteiger partial charge in [-0.3, -0.25) is 4.79 Å². The molecule has 18 heavy (non-hydrogen) atoms. The molecule has 0 saturated carbocycles. The van der Waals surface area contributed by atoms with Gasteiger partial charge in [0.2, 0.25) is 0 Å². The van der Waals surface area contributed by atoms with E-state index in [2.05, 4.69) is 21.2 Å². The number of halogens is 1. The Morgan fingerprint density at radius 2 is 2.17 bits per heavy atom. The smallest absolute Gasteiger partial charge is 0.251 e. The molecule has 0 unspecified atom stereocenters. The van der Waals surface area contributed by atoms with Crippen molar-refractivity contribution >= 4 is 21.8 Å². The van der Waals surface area contributed by atoms with Gasteiger partial charge in [0.1, 0.15) is 5.75 Å². The summed E-state index contributed by atoms with van der Waals surface area (Å²) in [7, 11) is 0. The predicted molar refractivity (Wildman–Crippen MR) is 70.7 cm³/mol. The minimum absolute atomic E-state index is 0.00449. The first-order chi connectivity index (χ1) is 8.65. The number of carbonyl (C=O) groups excluding carboxylic acids is 1. The first-order valence-corrected chi connectivity index (χ1v) is 6.39. The monoisotopic (exact) mass is 317 g/mol. The molecule has 0 aliphatic rings. The summed E-state index contributed by atoms with van der Waals surface area (Å²) in [4.78, 5) is 11.7. The molecule has 1 aromatic carbocycles. The van der Waals surface area contributed by atoms with Gasteiger partial charge in [0.15, 0.2) is 0 Å². The van der Waals surface area contributed by atoms with Gasteiger partial charge in [0, 0.05) is 18.7 Å². The molecule has 0 radical (unpaired) electrons. The van der Waals surface area contributed by atoms with Crippen molar-refractivity contribution in [3.63, 3.8) is 0 Å². The van der Waals surface area contributed by atoms with Crippen LogP contribution in [0.25, 0.3) is 0 Å². The summed E-state index contributed by atoms with van der Waals surface area (Å²) in [6.45, 7) is 1.30. The van der Waals surface area contributed by atoms with E-state index >= 15 is 0 Å². The van der Waals surface area contributed by atoms with Crippen LogP contribution in [0.1, 0.15) is 16.8 Å². The Morgan fingerprint density at radius 1 is 1.39 bits per heavy atom. The number of phenols is 1. The molecule has 0 heterocycles. The third kappa shape index (κ3) is 5.03. The van der Waals surface area contributed by atoms with E-state index in [-0.39, 0.29) is 18.3 Å². The fourth-order valence-electron chi connectivity index (χ4n) is 1.30. The van der Waals surface area contributed by atoms with Crippen LogP contribution < -0.4 is 5.32 Å². The quantitative estimate of drug-likeness (QED) is 0.662. The van der Waals surface area contributed by atoms with Crippen LogP contribution in [0.2, 0.25) is 0 Å². The van der Waals surface area contributed by atoms with E-state index in [1.54, 1.807) is 12.1 Å². The zero-order valence-corrected chi connectivity index (χ0v) is 11.4. The highest BCUT2D eigenvalue weighted by Crippen LogP contribution is 2.24. The number of hydrogen-bond acceptors (Lipinski definition) is 4. The fourth-order valence-corrected chi connectivity index (χ4v) is 1.55. The zero-order valence-electron chi connectivity index (χ0n) is 9.86. The lowest BCUT2D eigenvalue weighted by atomic mass is 10.2. The number of carbonyl (C=O) groups is 1. The number of aliphatic hydroxyl groups excluding tert-OH is 1. The van der Waals surface area contributed by atoms with E-state index in [4.69, 9.17) is 9.84 Å². The Hall–Kier alpha value is -1.11. The standard InChI is InChI=1S/C12H16BrNO4/c13-10-3-2-9(8-11(10)16)12(17)14-4-1-6-18-7-5-15/h2-3,8,15-16H,1,4-7H2,(H,14,17). The zero-order chi connectivity index (χ0) is 13.4. The molecular formula is C12H16BrNO4. The van der Waals surface area contributed by atoms with Gasteiger partial charge in [0.05, 0.1) is 17.7 Å². The third-order valence-electron chi connectivity index (χ3n) is 2.19. The van der Waals surface area contributed by atoms with E-state index in [0.717, 1.165) is 0 Å². The van der Waals surface area contributed by atoms with Crippen molar-refractivity contribution in [1.82, 2.24) is 5.32 Å². The van der Waals surface area contributed by atoms with Crippen LogP contribution in [-0.4, -0.2) is 42.5 Å². The molecule has 0 aliphatic carbocycles. The number of amides is 1. The summed E-state index contributed by atoms with van der Waals surface area (Å²) in [5.74, 6) is -0.200. The highest BCUT2D eigenvalue weighted by molar-refractivity contribution is 9.10.